The van der Waals surface area contributed by atoms with E-state index in [2.05, 4.69) is 9.97 Å². The minimum Gasteiger partial charge on any atom is -0.543 e. The van der Waals surface area contributed by atoms with Gasteiger partial charge in [-0.3, -0.25) is 4.79 Å². The van der Waals surface area contributed by atoms with E-state index in [1.165, 1.54) is 0 Å². The number of nitrogens with one attached hydrogen (secondary N) is 1. The van der Waals surface area contributed by atoms with Gasteiger partial charge in [0.05, 0.1) is 5.97 Å². The molecule has 0 aliphatic rings. The highest BCUT2D eigenvalue weighted by Crippen LogP contribution is 2.21. The van der Waals surface area contributed by atoms with Crippen LogP contribution in [0.3, 0.4) is 0 Å². The maximum absolute atomic E-state index is 10.8. The van der Waals surface area contributed by atoms with Crippen LogP contribution in [0.1, 0.15) is 10.5 Å². The number of hydrogen-bond donors (Lipinski definition) is 1. The Morgan fingerprint density at radius 2 is 1.59 bits per heavy atom. The standard InChI is InChI=1S/C7H3Cl2N3O5/c8-2-3(9)11-4(1(10-2)6(14)15)12-5(13)7(16)17/h(H,14,15)(H,16,17)(H,11,12,13)/p-2. The van der Waals surface area contributed by atoms with Crippen LogP contribution in [-0.2, 0) is 9.59 Å². The van der Waals surface area contributed by atoms with Gasteiger partial charge in [0, 0.05) is 0 Å². The zero-order valence-electron chi connectivity index (χ0n) is 7.69. The Hall–Kier alpha value is -1.93. The number of aromatic carboxylic acids is 1. The summed E-state index contributed by atoms with van der Waals surface area (Å²) in [6, 6.07) is 0. The summed E-state index contributed by atoms with van der Waals surface area (Å²) >= 11 is 10.8. The second-order valence-corrected chi connectivity index (χ2v) is 3.25. The molecule has 1 N–H and O–H groups in total. The summed E-state index contributed by atoms with van der Waals surface area (Å²) in [5, 5.41) is 21.5. The molecule has 90 valence electrons. The van der Waals surface area contributed by atoms with Gasteiger partial charge in [0.15, 0.2) is 16.1 Å². The molecule has 17 heavy (non-hydrogen) atoms. The van der Waals surface area contributed by atoms with Crippen molar-refractivity contribution in [2.75, 3.05) is 5.32 Å². The number of anilines is 1. The van der Waals surface area contributed by atoms with Gasteiger partial charge in [0.2, 0.25) is 0 Å². The summed E-state index contributed by atoms with van der Waals surface area (Å²) in [6.45, 7) is 0. The van der Waals surface area contributed by atoms with Crippen LogP contribution in [-0.4, -0.2) is 27.8 Å². The molecule has 0 saturated heterocycles. The normalized spacial score (nSPS) is 9.76. The molecule has 0 unspecified atom stereocenters. The topological polar surface area (TPSA) is 135 Å². The van der Waals surface area contributed by atoms with Gasteiger partial charge in [0.1, 0.15) is 11.7 Å². The van der Waals surface area contributed by atoms with E-state index in [1.807, 2.05) is 0 Å². The smallest absolute Gasteiger partial charge is 0.272 e. The van der Waals surface area contributed by atoms with Gasteiger partial charge in [0.25, 0.3) is 5.91 Å². The zero-order valence-corrected chi connectivity index (χ0v) is 9.20. The minimum atomic E-state index is -2.08. The van der Waals surface area contributed by atoms with E-state index in [0.29, 0.717) is 0 Å². The lowest BCUT2D eigenvalue weighted by Crippen LogP contribution is -2.37. The summed E-state index contributed by atoms with van der Waals surface area (Å²) < 4.78 is 0. The Balaban J connectivity index is 3.22. The molecule has 0 aromatic carbocycles. The van der Waals surface area contributed by atoms with Crippen molar-refractivity contribution in [3.63, 3.8) is 0 Å². The second-order valence-electron chi connectivity index (χ2n) is 2.53. The Bertz CT molecular complexity index is 518. The van der Waals surface area contributed by atoms with Crippen LogP contribution < -0.4 is 15.5 Å². The number of aliphatic carboxylic acids is 1. The first-order valence-electron chi connectivity index (χ1n) is 3.79. The molecule has 0 fully saturated rings. The fourth-order valence-electron chi connectivity index (χ4n) is 0.783. The van der Waals surface area contributed by atoms with Crippen LogP contribution in [0.25, 0.3) is 0 Å². The lowest BCUT2D eigenvalue weighted by Gasteiger charge is -2.11. The van der Waals surface area contributed by atoms with Crippen LogP contribution in [0.4, 0.5) is 5.82 Å². The van der Waals surface area contributed by atoms with Gasteiger partial charge >= 0.3 is 0 Å². The minimum absolute atomic E-state index is 0.412. The monoisotopic (exact) mass is 277 g/mol. The molecule has 1 aromatic rings. The quantitative estimate of drug-likeness (QED) is 0.608. The van der Waals surface area contributed by atoms with Gasteiger partial charge in [-0.2, -0.15) is 0 Å². The summed E-state index contributed by atoms with van der Waals surface area (Å²) in [7, 11) is 0. The van der Waals surface area contributed by atoms with E-state index in [4.69, 9.17) is 23.2 Å². The van der Waals surface area contributed by atoms with E-state index in [0.717, 1.165) is 0 Å². The average molecular weight is 278 g/mol. The molecule has 0 bridgehead atoms. The number of hydrogen-bond acceptors (Lipinski definition) is 7. The molecule has 0 radical (unpaired) electrons. The maximum Gasteiger partial charge on any atom is 0.272 e. The Kier molecular flexibility index (Phi) is 3.81. The number of rotatable bonds is 2. The first-order valence-corrected chi connectivity index (χ1v) is 4.55. The molecule has 1 amide bonds. The number of carboxylic acids is 2. The van der Waals surface area contributed by atoms with Crippen molar-refractivity contribution in [2.24, 2.45) is 0 Å². The molecule has 8 nitrogen and oxygen atoms in total. The average Bonchev–Trinajstić information content (AvgIpc) is 2.22. The molecule has 0 aliphatic carbocycles. The zero-order chi connectivity index (χ0) is 13.2. The SMILES string of the molecule is O=C([O-])C(=O)Nc1nc(Cl)c(Cl)nc1C(=O)[O-]. The van der Waals surface area contributed by atoms with Gasteiger partial charge in [-0.05, 0) is 0 Å². The molecule has 0 spiro atoms. The van der Waals surface area contributed by atoms with Gasteiger partial charge in [-0.25, -0.2) is 9.97 Å². The number of nitrogens with zero attached hydrogens (tertiary/aromatic N) is 2. The Labute approximate surface area is 103 Å². The van der Waals surface area contributed by atoms with Crippen molar-refractivity contribution in [2.45, 2.75) is 0 Å². The fourth-order valence-corrected chi connectivity index (χ4v) is 1.04. The highest BCUT2D eigenvalue weighted by atomic mass is 35.5. The van der Waals surface area contributed by atoms with E-state index in [-0.39, 0.29) is 0 Å². The van der Waals surface area contributed by atoms with Crippen molar-refractivity contribution >= 4 is 46.9 Å². The molecular formula is C7HCl2N3O5-2. The van der Waals surface area contributed by atoms with Crippen LogP contribution in [0.2, 0.25) is 10.3 Å². The molecule has 0 saturated carbocycles. The van der Waals surface area contributed by atoms with Crippen molar-refractivity contribution in [3.8, 4) is 0 Å². The summed E-state index contributed by atoms with van der Waals surface area (Å²) in [6.07, 6.45) is 0. The van der Waals surface area contributed by atoms with E-state index in [1.54, 1.807) is 5.32 Å². The molecule has 1 aromatic heterocycles. The fraction of sp³-hybridized carbons (Fsp3) is 0. The molecule has 1 rings (SSSR count). The lowest BCUT2D eigenvalue weighted by atomic mass is 10.4. The number of carboxylic acid groups (broad SMARTS) is 2. The molecule has 1 heterocycles. The van der Waals surface area contributed by atoms with E-state index < -0.39 is 39.7 Å². The van der Waals surface area contributed by atoms with Crippen molar-refractivity contribution in [1.29, 1.82) is 0 Å². The number of halogens is 2. The predicted molar refractivity (Wildman–Crippen MR) is 50.0 cm³/mol. The number of aromatic nitrogens is 2. The summed E-state index contributed by atoms with van der Waals surface area (Å²) in [5.74, 6) is -6.21. The van der Waals surface area contributed by atoms with Crippen LogP contribution in [0.15, 0.2) is 0 Å². The Morgan fingerprint density at radius 1 is 1.06 bits per heavy atom. The third kappa shape index (κ3) is 3.02. The van der Waals surface area contributed by atoms with E-state index in [9.17, 15) is 24.6 Å². The van der Waals surface area contributed by atoms with E-state index >= 15 is 0 Å². The summed E-state index contributed by atoms with van der Waals surface area (Å²) in [5.41, 5.74) is -0.853. The third-order valence-corrected chi connectivity index (χ3v) is 2.05. The lowest BCUT2D eigenvalue weighted by molar-refractivity contribution is -0.299. The highest BCUT2D eigenvalue weighted by Gasteiger charge is 2.15. The first-order chi connectivity index (χ1) is 7.82. The number of carbonyl (C=O) groups is 3. The van der Waals surface area contributed by atoms with Crippen LogP contribution in [0.5, 0.6) is 0 Å². The van der Waals surface area contributed by atoms with Crippen molar-refractivity contribution in [1.82, 2.24) is 9.97 Å². The highest BCUT2D eigenvalue weighted by molar-refractivity contribution is 6.41. The van der Waals surface area contributed by atoms with Gasteiger partial charge < -0.3 is 25.1 Å². The van der Waals surface area contributed by atoms with Crippen LogP contribution >= 0.6 is 23.2 Å². The molecule has 0 aliphatic heterocycles. The largest absolute Gasteiger partial charge is 0.543 e. The predicted octanol–water partition coefficient (Wildman–Crippen LogP) is -2.16. The third-order valence-electron chi connectivity index (χ3n) is 1.43. The molecule has 0 atom stereocenters. The molecule has 10 heteroatoms. The number of carbonyl (C=O) groups excluding carboxylic acids is 3. The summed E-state index contributed by atoms with van der Waals surface area (Å²) in [4.78, 5) is 38.1. The van der Waals surface area contributed by atoms with Crippen LogP contribution in [0, 0.1) is 0 Å². The van der Waals surface area contributed by atoms with Crippen molar-refractivity contribution < 1.29 is 24.6 Å². The Morgan fingerprint density at radius 3 is 2.06 bits per heavy atom. The van der Waals surface area contributed by atoms with Gasteiger partial charge in [-0.15, -0.1) is 0 Å². The second kappa shape index (κ2) is 4.93. The maximum atomic E-state index is 10.8. The first kappa shape index (κ1) is 13.1. The number of amides is 1. The molecular weight excluding hydrogens is 277 g/mol. The van der Waals surface area contributed by atoms with Gasteiger partial charge in [-0.1, -0.05) is 23.2 Å². The van der Waals surface area contributed by atoms with Crippen molar-refractivity contribution in [3.05, 3.63) is 16.0 Å².